The van der Waals surface area contributed by atoms with Gasteiger partial charge in [0.1, 0.15) is 6.04 Å². The van der Waals surface area contributed by atoms with Crippen LogP contribution in [0, 0.1) is 24.7 Å². The summed E-state index contributed by atoms with van der Waals surface area (Å²) < 4.78 is 0. The molecule has 0 spiro atoms. The van der Waals surface area contributed by atoms with Crippen LogP contribution in [0.5, 0.6) is 0 Å². The number of para-hydroxylation sites is 2. The summed E-state index contributed by atoms with van der Waals surface area (Å²) >= 11 is 6.55. The van der Waals surface area contributed by atoms with Crippen molar-refractivity contribution in [3.63, 3.8) is 0 Å². The fourth-order valence-electron chi connectivity index (χ4n) is 5.20. The number of halogens is 1. The lowest BCUT2D eigenvalue weighted by Crippen LogP contribution is -2.45. The number of benzene rings is 2. The third-order valence-electron chi connectivity index (χ3n) is 6.45. The fourth-order valence-corrected chi connectivity index (χ4v) is 5.68. The number of alkyl halides is 1. The van der Waals surface area contributed by atoms with Crippen molar-refractivity contribution in [2.75, 3.05) is 10.4 Å². The van der Waals surface area contributed by atoms with Crippen LogP contribution in [0.15, 0.2) is 54.6 Å². The number of hydroxylamine groups is 1. The molecule has 1 aliphatic heterocycles. The number of fused-ring (bicyclic) bond motifs is 5. The molecule has 0 unspecified atom stereocenters. The molecule has 140 valence electrons. The molecule has 1 saturated heterocycles. The number of nitrogens with one attached hydrogen (secondary N) is 1. The number of aryl methyl sites for hydroxylation is 1. The summed E-state index contributed by atoms with van der Waals surface area (Å²) in [6.07, 6.45) is 2.08. The van der Waals surface area contributed by atoms with Crippen LogP contribution in [0.3, 0.4) is 0 Å². The second-order valence-electron chi connectivity index (χ2n) is 7.97. The van der Waals surface area contributed by atoms with E-state index in [1.54, 1.807) is 0 Å². The average Bonchev–Trinajstić information content (AvgIpc) is 3.34. The Morgan fingerprint density at radius 3 is 2.63 bits per heavy atom. The zero-order valence-electron chi connectivity index (χ0n) is 15.2. The van der Waals surface area contributed by atoms with Gasteiger partial charge in [0.05, 0.1) is 11.8 Å². The zero-order valence-corrected chi connectivity index (χ0v) is 16.0. The van der Waals surface area contributed by atoms with E-state index in [4.69, 9.17) is 16.4 Å². The predicted octanol–water partition coefficient (Wildman–Crippen LogP) is 4.39. The highest BCUT2D eigenvalue weighted by Gasteiger charge is 2.62. The molecule has 6 atom stereocenters. The van der Waals surface area contributed by atoms with Gasteiger partial charge in [-0.25, -0.2) is 5.06 Å². The van der Waals surface area contributed by atoms with Crippen LogP contribution in [-0.4, -0.2) is 23.4 Å². The summed E-state index contributed by atoms with van der Waals surface area (Å²) in [7, 11) is 0. The van der Waals surface area contributed by atoms with E-state index in [1.807, 2.05) is 66.6 Å². The molecule has 1 amide bonds. The van der Waals surface area contributed by atoms with Gasteiger partial charge in [0.2, 0.25) is 5.91 Å². The van der Waals surface area contributed by atoms with Gasteiger partial charge in [-0.1, -0.05) is 36.4 Å². The van der Waals surface area contributed by atoms with Crippen LogP contribution in [0.1, 0.15) is 18.4 Å². The molecule has 2 aliphatic carbocycles. The summed E-state index contributed by atoms with van der Waals surface area (Å²) in [5.74, 6) is 0.974. The van der Waals surface area contributed by atoms with Crippen molar-refractivity contribution in [2.45, 2.75) is 37.3 Å². The first-order valence-electron chi connectivity index (χ1n) is 9.65. The lowest BCUT2D eigenvalue weighted by Gasteiger charge is -2.29. The number of nitrogens with zero attached hydrogens (tertiary/aromatic N) is 1. The van der Waals surface area contributed by atoms with Gasteiger partial charge < -0.3 is 5.32 Å². The molecule has 2 aromatic rings. The maximum absolute atomic E-state index is 13.4. The molecule has 1 heterocycles. The van der Waals surface area contributed by atoms with Crippen LogP contribution >= 0.6 is 11.6 Å². The molecule has 4 nitrogen and oxygen atoms in total. The van der Waals surface area contributed by atoms with Gasteiger partial charge in [0, 0.05) is 22.9 Å². The number of hydrogen-bond acceptors (Lipinski definition) is 3. The first-order valence-corrected chi connectivity index (χ1v) is 10.1. The van der Waals surface area contributed by atoms with Crippen molar-refractivity contribution >= 4 is 28.9 Å². The monoisotopic (exact) mass is 382 g/mol. The Balaban J connectivity index is 1.48. The molecule has 0 aromatic heterocycles. The fraction of sp³-hybridized carbons (Fsp3) is 0.409. The lowest BCUT2D eigenvalue weighted by atomic mass is 9.81. The number of carbonyl (C=O) groups excluding carboxylic acids is 1. The number of amides is 1. The molecule has 0 radical (unpaired) electrons. The Bertz CT molecular complexity index is 858. The minimum atomic E-state index is -0.337. The highest BCUT2D eigenvalue weighted by Crippen LogP contribution is 2.57. The van der Waals surface area contributed by atoms with Gasteiger partial charge in [-0.05, 0) is 49.4 Å². The van der Waals surface area contributed by atoms with Crippen molar-refractivity contribution < 1.29 is 9.63 Å². The Morgan fingerprint density at radius 2 is 1.85 bits per heavy atom. The summed E-state index contributed by atoms with van der Waals surface area (Å²) in [5, 5.41) is 5.13. The van der Waals surface area contributed by atoms with Gasteiger partial charge in [-0.3, -0.25) is 9.63 Å². The molecular formula is C22H23ClN2O2. The Hall–Kier alpha value is -2.04. The topological polar surface area (TPSA) is 41.6 Å². The highest BCUT2D eigenvalue weighted by atomic mass is 35.5. The summed E-state index contributed by atoms with van der Waals surface area (Å²) in [6.45, 7) is 2.01. The first-order chi connectivity index (χ1) is 13.1. The third-order valence-corrected chi connectivity index (χ3v) is 6.95. The van der Waals surface area contributed by atoms with E-state index in [9.17, 15) is 4.79 Å². The van der Waals surface area contributed by atoms with Crippen LogP contribution in [-0.2, 0) is 9.63 Å². The second-order valence-corrected chi connectivity index (χ2v) is 8.53. The molecule has 3 fully saturated rings. The van der Waals surface area contributed by atoms with E-state index in [0.29, 0.717) is 11.8 Å². The quantitative estimate of drug-likeness (QED) is 0.800. The maximum Gasteiger partial charge on any atom is 0.250 e. The first kappa shape index (κ1) is 17.1. The largest absolute Gasteiger partial charge is 0.324 e. The van der Waals surface area contributed by atoms with Gasteiger partial charge in [-0.2, -0.15) is 0 Å². The van der Waals surface area contributed by atoms with E-state index in [0.717, 1.165) is 29.8 Å². The van der Waals surface area contributed by atoms with Crippen molar-refractivity contribution in [1.82, 2.24) is 0 Å². The molecule has 3 aliphatic rings. The van der Waals surface area contributed by atoms with Crippen LogP contribution in [0.4, 0.5) is 11.4 Å². The predicted molar refractivity (Wildman–Crippen MR) is 107 cm³/mol. The van der Waals surface area contributed by atoms with Crippen LogP contribution in [0.2, 0.25) is 0 Å². The molecular weight excluding hydrogens is 360 g/mol. The number of anilines is 2. The molecule has 2 saturated carbocycles. The number of rotatable bonds is 3. The Kier molecular flexibility index (Phi) is 4.14. The van der Waals surface area contributed by atoms with E-state index >= 15 is 0 Å². The zero-order chi connectivity index (χ0) is 18.5. The van der Waals surface area contributed by atoms with Gasteiger partial charge >= 0.3 is 0 Å². The highest BCUT2D eigenvalue weighted by molar-refractivity contribution is 6.21. The van der Waals surface area contributed by atoms with Gasteiger partial charge in [0.15, 0.2) is 0 Å². The minimum Gasteiger partial charge on any atom is -0.324 e. The molecule has 27 heavy (non-hydrogen) atoms. The standard InChI is InChI=1S/C22H23ClN2O2/c1-13-7-5-6-10-18(13)24-22(26)20-19-14-11-16(17(23)12-14)21(19)27-25(20)15-8-3-2-4-9-15/h2-10,14,16-17,19-21H,11-12H2,1H3,(H,24,26)/t14-,16-,17-,19+,20+,21+/m1/s1. The number of hydrogen-bond donors (Lipinski definition) is 1. The van der Waals surface area contributed by atoms with Crippen LogP contribution in [0.25, 0.3) is 0 Å². The molecule has 1 N–H and O–H groups in total. The van der Waals surface area contributed by atoms with Gasteiger partial charge in [0.25, 0.3) is 0 Å². The van der Waals surface area contributed by atoms with Crippen molar-refractivity contribution in [3.8, 4) is 0 Å². The minimum absolute atomic E-state index is 0.000625. The molecule has 2 aromatic carbocycles. The number of carbonyl (C=O) groups is 1. The lowest BCUT2D eigenvalue weighted by molar-refractivity contribution is -0.118. The SMILES string of the molecule is Cc1ccccc1NC(=O)[C@@H]1[C@@H]2[C@@H]3C[C@@H]([C@@H]2ON1c1ccccc1)[C@H](Cl)C3. The molecule has 5 rings (SSSR count). The smallest absolute Gasteiger partial charge is 0.250 e. The second kappa shape index (κ2) is 6.54. The Morgan fingerprint density at radius 1 is 1.11 bits per heavy atom. The van der Waals surface area contributed by atoms with Crippen molar-refractivity contribution in [1.29, 1.82) is 0 Å². The third kappa shape index (κ3) is 2.74. The normalized spacial score (nSPS) is 33.9. The Labute approximate surface area is 164 Å². The van der Waals surface area contributed by atoms with Crippen LogP contribution < -0.4 is 10.4 Å². The summed E-state index contributed by atoms with van der Waals surface area (Å²) in [5.41, 5.74) is 2.83. The molecule has 2 bridgehead atoms. The molecule has 5 heteroatoms. The van der Waals surface area contributed by atoms with E-state index in [-0.39, 0.29) is 29.3 Å². The summed E-state index contributed by atoms with van der Waals surface area (Å²) in [4.78, 5) is 19.8. The van der Waals surface area contributed by atoms with Crippen molar-refractivity contribution in [3.05, 3.63) is 60.2 Å². The average molecular weight is 383 g/mol. The van der Waals surface area contributed by atoms with E-state index in [2.05, 4.69) is 5.32 Å². The van der Waals surface area contributed by atoms with Gasteiger partial charge in [-0.15, -0.1) is 11.6 Å². The van der Waals surface area contributed by atoms with E-state index < -0.39 is 0 Å². The van der Waals surface area contributed by atoms with Crippen molar-refractivity contribution in [2.24, 2.45) is 17.8 Å². The van der Waals surface area contributed by atoms with E-state index in [1.165, 1.54) is 0 Å². The maximum atomic E-state index is 13.4. The summed E-state index contributed by atoms with van der Waals surface area (Å²) in [6, 6.07) is 17.5.